The van der Waals surface area contributed by atoms with Gasteiger partial charge in [0.25, 0.3) is 0 Å². The first-order chi connectivity index (χ1) is 8.19. The zero-order valence-electron chi connectivity index (χ0n) is 12.6. The largest absolute Gasteiger partial charge is 0.674 e. The van der Waals surface area contributed by atoms with Crippen molar-refractivity contribution in [2.75, 3.05) is 19.8 Å². The van der Waals surface area contributed by atoms with E-state index in [1.165, 1.54) is 10.6 Å². The van der Waals surface area contributed by atoms with Gasteiger partial charge >= 0.3 is 29.3 Å². The fourth-order valence-electron chi connectivity index (χ4n) is 1.42. The molecule has 102 valence electrons. The van der Waals surface area contributed by atoms with Crippen LogP contribution in [0.25, 0.3) is 0 Å². The molecule has 3 nitrogen and oxygen atoms in total. The second-order valence-corrected chi connectivity index (χ2v) is 9.19. The molecule has 0 fully saturated rings. The van der Waals surface area contributed by atoms with Crippen LogP contribution in [-0.4, -0.2) is 49.1 Å². The molecule has 0 aromatic heterocycles. The first-order valence-electron chi connectivity index (χ1n) is 7.04. The van der Waals surface area contributed by atoms with Gasteiger partial charge in [0.2, 0.25) is 0 Å². The molecule has 5 heteroatoms. The van der Waals surface area contributed by atoms with Gasteiger partial charge in [0.15, 0.2) is 0 Å². The Bertz CT molecular complexity index is 127. The van der Waals surface area contributed by atoms with Gasteiger partial charge in [-0.1, -0.05) is 31.3 Å². The van der Waals surface area contributed by atoms with Gasteiger partial charge in [0, 0.05) is 19.8 Å². The van der Waals surface area contributed by atoms with Crippen molar-refractivity contribution in [2.45, 2.75) is 57.4 Å². The quantitative estimate of drug-likeness (QED) is 0.602. The van der Waals surface area contributed by atoms with Crippen molar-refractivity contribution in [3.63, 3.8) is 0 Å². The maximum absolute atomic E-state index is 5.48. The van der Waals surface area contributed by atoms with Crippen LogP contribution in [0.1, 0.15) is 41.5 Å². The summed E-state index contributed by atoms with van der Waals surface area (Å²) in [6.45, 7) is 15.1. The van der Waals surface area contributed by atoms with E-state index in [1.54, 1.807) is 0 Å². The molecule has 0 aromatic carbocycles. The van der Waals surface area contributed by atoms with Crippen molar-refractivity contribution < 1.29 is 11.4 Å². The van der Waals surface area contributed by atoms with Gasteiger partial charge in [-0.2, -0.15) is 0 Å². The summed E-state index contributed by atoms with van der Waals surface area (Å²) in [6.07, 6.45) is 0. The minimum atomic E-state index is -1.21. The number of hydrogen-bond acceptors (Lipinski definition) is 3. The van der Waals surface area contributed by atoms with Crippen LogP contribution in [0.15, 0.2) is 0 Å². The second-order valence-electron chi connectivity index (χ2n) is 3.64. The lowest BCUT2D eigenvalue weighted by Crippen LogP contribution is -2.21. The molecule has 0 saturated carbocycles. The summed E-state index contributed by atoms with van der Waals surface area (Å²) in [7, 11) is 0. The monoisotopic (exact) mass is 276 g/mol. The van der Waals surface area contributed by atoms with Gasteiger partial charge in [-0.15, -0.1) is 0 Å². The minimum absolute atomic E-state index is 0.692. The molecule has 17 heavy (non-hydrogen) atoms. The first-order valence-corrected chi connectivity index (χ1v) is 10.9. The van der Waals surface area contributed by atoms with Crippen molar-refractivity contribution in [1.82, 2.24) is 0 Å². The van der Waals surface area contributed by atoms with Crippen LogP contribution in [-0.2, 0) is 11.4 Å². The minimum Gasteiger partial charge on any atom is -0.501 e. The van der Waals surface area contributed by atoms with E-state index in [-0.39, 0.29) is 0 Å². The Morgan fingerprint density at radius 2 is 1.00 bits per heavy atom. The van der Waals surface area contributed by atoms with Crippen molar-refractivity contribution in [3.05, 3.63) is 0 Å². The Hall–Kier alpha value is 0.945. The first kappa shape index (κ1) is 20.3. The lowest BCUT2D eigenvalue weighted by molar-refractivity contribution is 0.214. The molecule has 0 aliphatic heterocycles. The van der Waals surface area contributed by atoms with Gasteiger partial charge in [-0.05, 0) is 26.1 Å². The lowest BCUT2D eigenvalue weighted by atomic mass is 10.9. The highest BCUT2D eigenvalue weighted by molar-refractivity contribution is 6.51. The van der Waals surface area contributed by atoms with Crippen molar-refractivity contribution in [2.24, 2.45) is 0 Å². The predicted molar refractivity (Wildman–Crippen MR) is 77.8 cm³/mol. The molecule has 0 spiro atoms. The fourth-order valence-corrected chi connectivity index (χ4v) is 4.25. The summed E-state index contributed by atoms with van der Waals surface area (Å²) >= 11 is -1.91. The summed E-state index contributed by atoms with van der Waals surface area (Å²) in [5, 5.41) is 3.64. The normalized spacial score (nSPS) is 9.53. The Morgan fingerprint density at radius 1 is 0.588 bits per heavy atom. The summed E-state index contributed by atoms with van der Waals surface area (Å²) in [5.74, 6) is 0. The molecule has 0 amide bonds. The smallest absolute Gasteiger partial charge is 0.501 e. The molecule has 0 N–H and O–H groups in total. The number of rotatable bonds is 9. The summed E-state index contributed by atoms with van der Waals surface area (Å²) < 4.78 is 16.2. The molecule has 0 saturated heterocycles. The standard InChI is InChI=1S/3C2H5O.3C2H5.2Al/c3*1-2-3;3*1-2;;/h3*2H2,1H3;3*1H2,2H3;;/q3*-1;;;;+1;+2. The Kier molecular flexibility index (Phi) is 20.2. The third-order valence-corrected chi connectivity index (χ3v) is 7.05. The van der Waals surface area contributed by atoms with E-state index in [2.05, 4.69) is 27.7 Å². The lowest BCUT2D eigenvalue weighted by Gasteiger charge is -2.07. The molecular weight excluding hydrogens is 246 g/mol. The van der Waals surface area contributed by atoms with E-state index in [0.717, 1.165) is 25.1 Å². The second kappa shape index (κ2) is 16.9. The molecule has 0 atom stereocenters. The fraction of sp³-hybridized carbons (Fsp3) is 1.00. The van der Waals surface area contributed by atoms with E-state index in [4.69, 9.17) is 11.4 Å². The van der Waals surface area contributed by atoms with Crippen LogP contribution >= 0.6 is 0 Å². The predicted octanol–water partition coefficient (Wildman–Crippen LogP) is 3.62. The highest BCUT2D eigenvalue weighted by Gasteiger charge is 2.19. The third-order valence-electron chi connectivity index (χ3n) is 2.35. The molecule has 0 heterocycles. The van der Waals surface area contributed by atoms with Gasteiger partial charge in [-0.25, -0.2) is 0 Å². The Morgan fingerprint density at radius 3 is 1.18 bits per heavy atom. The van der Waals surface area contributed by atoms with Gasteiger partial charge < -0.3 is 11.4 Å². The van der Waals surface area contributed by atoms with E-state index < -0.39 is 29.3 Å². The average Bonchev–Trinajstić information content (AvgIpc) is 2.36. The highest BCUT2D eigenvalue weighted by Crippen LogP contribution is 1.98. The van der Waals surface area contributed by atoms with Crippen LogP contribution in [0.3, 0.4) is 0 Å². The van der Waals surface area contributed by atoms with Crippen molar-refractivity contribution in [1.29, 1.82) is 0 Å². The Balaban J connectivity index is 0. The molecular formula is C12H30Al2O3. The molecule has 0 aromatic rings. The topological polar surface area (TPSA) is 27.7 Å². The molecule has 0 bridgehead atoms. The van der Waals surface area contributed by atoms with Gasteiger partial charge in [0.1, 0.15) is 0 Å². The van der Waals surface area contributed by atoms with Crippen LogP contribution in [0.5, 0.6) is 0 Å². The number of hydrogen-bond donors (Lipinski definition) is 0. The van der Waals surface area contributed by atoms with Crippen LogP contribution in [0.2, 0.25) is 15.8 Å². The molecule has 0 rings (SSSR count). The SMILES string of the molecule is CC[O][Al]([CH2]C)[CH2]C.CC[O][Al]([CH2]C)[O]CC. The van der Waals surface area contributed by atoms with E-state index in [1.807, 2.05) is 13.8 Å². The summed E-state index contributed by atoms with van der Waals surface area (Å²) in [5.41, 5.74) is 0. The van der Waals surface area contributed by atoms with E-state index >= 15 is 0 Å². The highest BCUT2D eigenvalue weighted by atomic mass is 27.2. The van der Waals surface area contributed by atoms with Gasteiger partial charge in [-0.3, -0.25) is 0 Å². The van der Waals surface area contributed by atoms with Crippen molar-refractivity contribution in [3.8, 4) is 0 Å². The maximum Gasteiger partial charge on any atom is 0.674 e. The van der Waals surface area contributed by atoms with Crippen LogP contribution < -0.4 is 0 Å². The summed E-state index contributed by atoms with van der Waals surface area (Å²) in [6, 6.07) is 0. The molecule has 0 aliphatic carbocycles. The van der Waals surface area contributed by atoms with Gasteiger partial charge in [0.05, 0.1) is 0 Å². The van der Waals surface area contributed by atoms with Crippen molar-refractivity contribution >= 4 is 29.3 Å². The molecule has 0 aliphatic rings. The molecule has 0 radical (unpaired) electrons. The average molecular weight is 276 g/mol. The Labute approximate surface area is 118 Å². The summed E-state index contributed by atoms with van der Waals surface area (Å²) in [4.78, 5) is 0. The maximum atomic E-state index is 5.48. The zero-order valence-corrected chi connectivity index (χ0v) is 14.9. The van der Waals surface area contributed by atoms with E-state index in [0.29, 0.717) is 0 Å². The van der Waals surface area contributed by atoms with Crippen LogP contribution in [0.4, 0.5) is 0 Å². The van der Waals surface area contributed by atoms with E-state index in [9.17, 15) is 0 Å². The zero-order chi connectivity index (χ0) is 13.5. The third kappa shape index (κ3) is 14.9. The van der Waals surface area contributed by atoms with Crippen LogP contribution in [0, 0.1) is 0 Å². The molecule has 0 unspecified atom stereocenters.